The van der Waals surface area contributed by atoms with Crippen molar-refractivity contribution in [1.82, 2.24) is 9.66 Å². The van der Waals surface area contributed by atoms with E-state index in [4.69, 9.17) is 4.74 Å². The van der Waals surface area contributed by atoms with Crippen molar-refractivity contribution in [2.45, 2.75) is 6.18 Å². The van der Waals surface area contributed by atoms with Crippen molar-refractivity contribution >= 4 is 34.4 Å². The number of amides is 1. The van der Waals surface area contributed by atoms with Gasteiger partial charge in [0.25, 0.3) is 11.5 Å². The third-order valence-electron chi connectivity index (χ3n) is 6.12. The Morgan fingerprint density at radius 3 is 2.49 bits per heavy atom. The Morgan fingerprint density at radius 2 is 1.74 bits per heavy atom. The number of nitrogens with zero attached hydrogens (tertiary/aromatic N) is 4. The Hall–Kier alpha value is -5.85. The molecule has 4 aromatic carbocycles. The van der Waals surface area contributed by atoms with Gasteiger partial charge in [-0.15, -0.1) is 0 Å². The van der Waals surface area contributed by atoms with Gasteiger partial charge in [-0.2, -0.15) is 22.9 Å². The smallest absolute Gasteiger partial charge is 0.416 e. The van der Waals surface area contributed by atoms with Crippen LogP contribution in [0.3, 0.4) is 0 Å². The fourth-order valence-electron chi connectivity index (χ4n) is 4.12. The number of anilines is 1. The molecule has 0 unspecified atom stereocenters. The van der Waals surface area contributed by atoms with Crippen molar-refractivity contribution in [3.8, 4) is 17.1 Å². The number of ether oxygens (including phenoxy) is 1. The molecule has 5 rings (SSSR count). The standard InChI is InChI=1S/C30H20F3N5O5/c31-30(32,33)21-8-6-7-20(16-21)28-36-24-12-5-4-11-23(24)29(40)37(28)34-17-19-13-14-26(25(15-19)38(41)42)43-18-27(39)35-22-9-2-1-3-10-22/h1-17H,18H2,(H,35,39). The molecular weight excluding hydrogens is 567 g/mol. The van der Waals surface area contributed by atoms with E-state index in [1.807, 2.05) is 0 Å². The first kappa shape index (κ1) is 28.7. The lowest BCUT2D eigenvalue weighted by atomic mass is 10.1. The monoisotopic (exact) mass is 587 g/mol. The summed E-state index contributed by atoms with van der Waals surface area (Å²) in [4.78, 5) is 41.0. The van der Waals surface area contributed by atoms with Crippen LogP contribution >= 0.6 is 0 Å². The number of hydrogen-bond donors (Lipinski definition) is 1. The zero-order chi connectivity index (χ0) is 30.6. The summed E-state index contributed by atoms with van der Waals surface area (Å²) in [6.07, 6.45) is -3.50. The highest BCUT2D eigenvalue weighted by molar-refractivity contribution is 5.92. The molecule has 0 spiro atoms. The highest BCUT2D eigenvalue weighted by Gasteiger charge is 2.31. The van der Waals surface area contributed by atoms with E-state index in [0.717, 1.165) is 29.1 Å². The van der Waals surface area contributed by atoms with Gasteiger partial charge in [0.2, 0.25) is 0 Å². The van der Waals surface area contributed by atoms with E-state index in [2.05, 4.69) is 15.4 Å². The van der Waals surface area contributed by atoms with Crippen LogP contribution < -0.4 is 15.6 Å². The van der Waals surface area contributed by atoms with Gasteiger partial charge in [0.1, 0.15) is 0 Å². The van der Waals surface area contributed by atoms with Gasteiger partial charge in [-0.25, -0.2) is 4.98 Å². The summed E-state index contributed by atoms with van der Waals surface area (Å²) in [5.41, 5.74) is -1.14. The van der Waals surface area contributed by atoms with Crippen molar-refractivity contribution < 1.29 is 27.6 Å². The maximum Gasteiger partial charge on any atom is 0.416 e. The van der Waals surface area contributed by atoms with Gasteiger partial charge in [0, 0.05) is 22.9 Å². The number of nitrogens with one attached hydrogen (secondary N) is 1. The Kier molecular flexibility index (Phi) is 7.96. The summed E-state index contributed by atoms with van der Waals surface area (Å²) in [5, 5.41) is 18.7. The zero-order valence-corrected chi connectivity index (χ0v) is 22.0. The van der Waals surface area contributed by atoms with Crippen LogP contribution in [0.1, 0.15) is 11.1 Å². The van der Waals surface area contributed by atoms with E-state index in [-0.39, 0.29) is 33.6 Å². The molecule has 43 heavy (non-hydrogen) atoms. The molecular formula is C30H20F3N5O5. The summed E-state index contributed by atoms with van der Waals surface area (Å²) >= 11 is 0. The number of alkyl halides is 3. The van der Waals surface area contributed by atoms with Crippen molar-refractivity contribution in [3.05, 3.63) is 129 Å². The number of benzene rings is 4. The number of nitro benzene ring substituents is 1. The van der Waals surface area contributed by atoms with Gasteiger partial charge >= 0.3 is 11.9 Å². The summed E-state index contributed by atoms with van der Waals surface area (Å²) in [7, 11) is 0. The second-order valence-corrected chi connectivity index (χ2v) is 9.08. The number of carbonyl (C=O) groups is 1. The number of aromatic nitrogens is 2. The van der Waals surface area contributed by atoms with Crippen LogP contribution in [-0.4, -0.2) is 33.3 Å². The Morgan fingerprint density at radius 1 is 1.00 bits per heavy atom. The molecule has 13 heteroatoms. The highest BCUT2D eigenvalue weighted by Crippen LogP contribution is 2.32. The van der Waals surface area contributed by atoms with E-state index in [9.17, 15) is 32.9 Å². The summed E-state index contributed by atoms with van der Waals surface area (Å²) in [6, 6.07) is 23.0. The van der Waals surface area contributed by atoms with Crippen LogP contribution in [0.25, 0.3) is 22.3 Å². The maximum atomic E-state index is 13.4. The average molecular weight is 588 g/mol. The fourth-order valence-corrected chi connectivity index (χ4v) is 4.12. The molecule has 1 amide bonds. The molecule has 1 heterocycles. The molecule has 0 radical (unpaired) electrons. The molecule has 1 aromatic heterocycles. The molecule has 0 bridgehead atoms. The Balaban J connectivity index is 1.47. The van der Waals surface area contributed by atoms with Gasteiger partial charge in [-0.1, -0.05) is 42.5 Å². The third-order valence-corrected chi connectivity index (χ3v) is 6.12. The number of para-hydroxylation sites is 2. The van der Waals surface area contributed by atoms with E-state index in [1.54, 1.807) is 48.5 Å². The van der Waals surface area contributed by atoms with E-state index in [1.165, 1.54) is 30.3 Å². The van der Waals surface area contributed by atoms with E-state index >= 15 is 0 Å². The normalized spacial score (nSPS) is 11.5. The quantitative estimate of drug-likeness (QED) is 0.137. The molecule has 0 saturated heterocycles. The number of hydrogen-bond acceptors (Lipinski definition) is 7. The predicted molar refractivity (Wildman–Crippen MR) is 153 cm³/mol. The fraction of sp³-hybridized carbons (Fsp3) is 0.0667. The zero-order valence-electron chi connectivity index (χ0n) is 22.0. The van der Waals surface area contributed by atoms with Gasteiger partial charge in [-0.3, -0.25) is 19.7 Å². The number of halogens is 3. The minimum atomic E-state index is -4.63. The Bertz CT molecular complexity index is 1920. The highest BCUT2D eigenvalue weighted by atomic mass is 19.4. The Labute approximate surface area is 240 Å². The van der Waals surface area contributed by atoms with Crippen molar-refractivity contribution in [2.24, 2.45) is 5.10 Å². The van der Waals surface area contributed by atoms with Gasteiger partial charge < -0.3 is 10.1 Å². The van der Waals surface area contributed by atoms with Crippen LogP contribution in [0.4, 0.5) is 24.5 Å². The topological polar surface area (TPSA) is 129 Å². The molecule has 0 aliphatic heterocycles. The van der Waals surface area contributed by atoms with Gasteiger partial charge in [0.15, 0.2) is 18.2 Å². The lowest BCUT2D eigenvalue weighted by Crippen LogP contribution is -2.20. The SMILES string of the molecule is O=C(COc1ccc(C=Nn2c(-c3cccc(C(F)(F)F)c3)nc3ccccc3c2=O)cc1[N+](=O)[O-])Nc1ccccc1. The van der Waals surface area contributed by atoms with Gasteiger partial charge in [0.05, 0.1) is 27.6 Å². The van der Waals surface area contributed by atoms with Crippen LogP contribution in [0, 0.1) is 10.1 Å². The minimum absolute atomic E-state index is 0.0154. The molecule has 10 nitrogen and oxygen atoms in total. The lowest BCUT2D eigenvalue weighted by Gasteiger charge is -2.12. The molecule has 5 aromatic rings. The first-order valence-corrected chi connectivity index (χ1v) is 12.6. The number of rotatable bonds is 8. The largest absolute Gasteiger partial charge is 0.477 e. The number of nitro groups is 1. The second kappa shape index (κ2) is 11.9. The van der Waals surface area contributed by atoms with Crippen LogP contribution in [-0.2, 0) is 11.0 Å². The van der Waals surface area contributed by atoms with Crippen LogP contribution in [0.2, 0.25) is 0 Å². The molecule has 0 fully saturated rings. The maximum absolute atomic E-state index is 13.4. The summed E-state index contributed by atoms with van der Waals surface area (Å²) in [6.45, 7) is -0.498. The average Bonchev–Trinajstić information content (AvgIpc) is 3.00. The lowest BCUT2D eigenvalue weighted by molar-refractivity contribution is -0.385. The minimum Gasteiger partial charge on any atom is -0.477 e. The van der Waals surface area contributed by atoms with Crippen molar-refractivity contribution in [3.63, 3.8) is 0 Å². The number of fused-ring (bicyclic) bond motifs is 1. The molecule has 1 N–H and O–H groups in total. The van der Waals surface area contributed by atoms with Crippen molar-refractivity contribution in [2.75, 3.05) is 11.9 Å². The summed E-state index contributed by atoms with van der Waals surface area (Å²) in [5.74, 6) is -0.874. The second-order valence-electron chi connectivity index (χ2n) is 9.08. The summed E-state index contributed by atoms with van der Waals surface area (Å²) < 4.78 is 46.5. The first-order chi connectivity index (χ1) is 20.6. The molecule has 216 valence electrons. The number of carbonyl (C=O) groups excluding carboxylic acids is 1. The molecule has 0 aliphatic carbocycles. The van der Waals surface area contributed by atoms with Gasteiger partial charge in [-0.05, 0) is 48.5 Å². The molecule has 0 atom stereocenters. The molecule has 0 aliphatic rings. The van der Waals surface area contributed by atoms with E-state index in [0.29, 0.717) is 5.69 Å². The molecule has 0 saturated carbocycles. The third kappa shape index (κ3) is 6.56. The van der Waals surface area contributed by atoms with Crippen LogP contribution in [0.15, 0.2) is 107 Å². The van der Waals surface area contributed by atoms with E-state index < -0.39 is 40.4 Å². The van der Waals surface area contributed by atoms with Crippen LogP contribution in [0.5, 0.6) is 5.75 Å². The predicted octanol–water partition coefficient (Wildman–Crippen LogP) is 5.89. The first-order valence-electron chi connectivity index (χ1n) is 12.6. The van der Waals surface area contributed by atoms with Crippen molar-refractivity contribution in [1.29, 1.82) is 0 Å².